The number of rotatable bonds is 6. The molecule has 0 saturated carbocycles. The van der Waals surface area contributed by atoms with E-state index in [4.69, 9.17) is 0 Å². The van der Waals surface area contributed by atoms with Crippen LogP contribution in [0.5, 0.6) is 0 Å². The van der Waals surface area contributed by atoms with Gasteiger partial charge in [-0.05, 0) is 43.6 Å². The lowest BCUT2D eigenvalue weighted by Crippen LogP contribution is -2.38. The predicted molar refractivity (Wildman–Crippen MR) is 98.6 cm³/mol. The highest BCUT2D eigenvalue weighted by atomic mass is 32.2. The summed E-state index contributed by atoms with van der Waals surface area (Å²) in [4.78, 5) is 6.53. The number of hydrogen-bond donors (Lipinski definition) is 1. The van der Waals surface area contributed by atoms with Gasteiger partial charge in [0.1, 0.15) is 4.90 Å². The van der Waals surface area contributed by atoms with Gasteiger partial charge in [0.25, 0.3) is 0 Å². The Bertz CT molecular complexity index is 743. The molecule has 1 fully saturated rings. The number of benzene rings is 1. The van der Waals surface area contributed by atoms with Gasteiger partial charge in [0.05, 0.1) is 0 Å². The zero-order valence-electron chi connectivity index (χ0n) is 14.3. The number of nitrogens with one attached hydrogen (secondary N) is 1. The summed E-state index contributed by atoms with van der Waals surface area (Å²) in [5, 5.41) is 0. The van der Waals surface area contributed by atoms with E-state index >= 15 is 0 Å². The first kappa shape index (κ1) is 18.0. The van der Waals surface area contributed by atoms with Gasteiger partial charge >= 0.3 is 0 Å². The molecular formula is C19H25N3O2S. The van der Waals surface area contributed by atoms with E-state index in [1.54, 1.807) is 18.3 Å². The quantitative estimate of drug-likeness (QED) is 0.861. The van der Waals surface area contributed by atoms with Gasteiger partial charge in [-0.25, -0.2) is 13.1 Å². The molecule has 0 aliphatic carbocycles. The SMILES string of the molecule is O=S(=O)(NC[C@@H](c1ccccc1)N1CCCCCC1)c1cccnc1. The zero-order valence-corrected chi connectivity index (χ0v) is 15.2. The van der Waals surface area contributed by atoms with Crippen molar-refractivity contribution in [2.24, 2.45) is 0 Å². The van der Waals surface area contributed by atoms with Gasteiger partial charge in [-0.2, -0.15) is 0 Å². The fourth-order valence-corrected chi connectivity index (χ4v) is 4.32. The average molecular weight is 359 g/mol. The van der Waals surface area contributed by atoms with E-state index in [9.17, 15) is 8.42 Å². The van der Waals surface area contributed by atoms with Gasteiger partial charge < -0.3 is 0 Å². The molecule has 0 spiro atoms. The number of aromatic nitrogens is 1. The first-order valence-electron chi connectivity index (χ1n) is 8.85. The topological polar surface area (TPSA) is 62.3 Å². The maximum Gasteiger partial charge on any atom is 0.242 e. The van der Waals surface area contributed by atoms with Crippen LogP contribution in [0, 0.1) is 0 Å². The van der Waals surface area contributed by atoms with Crippen LogP contribution in [0.15, 0.2) is 59.8 Å². The highest BCUT2D eigenvalue weighted by Crippen LogP contribution is 2.24. The maximum absolute atomic E-state index is 12.5. The minimum absolute atomic E-state index is 0.0470. The number of sulfonamides is 1. The Morgan fingerprint density at radius 2 is 1.72 bits per heavy atom. The molecule has 1 aromatic heterocycles. The smallest absolute Gasteiger partial charge is 0.242 e. The molecular weight excluding hydrogens is 334 g/mol. The van der Waals surface area contributed by atoms with Crippen LogP contribution in [0.2, 0.25) is 0 Å². The van der Waals surface area contributed by atoms with Crippen molar-refractivity contribution in [1.82, 2.24) is 14.6 Å². The van der Waals surface area contributed by atoms with Gasteiger partial charge in [-0.15, -0.1) is 0 Å². The third-order valence-electron chi connectivity index (χ3n) is 4.68. The van der Waals surface area contributed by atoms with Gasteiger partial charge in [0.15, 0.2) is 0 Å². The summed E-state index contributed by atoms with van der Waals surface area (Å²) in [5.41, 5.74) is 1.15. The van der Waals surface area contributed by atoms with E-state index in [-0.39, 0.29) is 10.9 Å². The van der Waals surface area contributed by atoms with Crippen LogP contribution >= 0.6 is 0 Å². The number of likely N-dealkylation sites (tertiary alicyclic amines) is 1. The molecule has 1 aromatic carbocycles. The first-order chi connectivity index (χ1) is 12.2. The highest BCUT2D eigenvalue weighted by molar-refractivity contribution is 7.89. The van der Waals surface area contributed by atoms with Crippen molar-refractivity contribution >= 4 is 10.0 Å². The van der Waals surface area contributed by atoms with Crippen LogP contribution in [0.4, 0.5) is 0 Å². The molecule has 0 bridgehead atoms. The fourth-order valence-electron chi connectivity index (χ4n) is 3.32. The lowest BCUT2D eigenvalue weighted by atomic mass is 10.1. The van der Waals surface area contributed by atoms with Crippen LogP contribution in [-0.2, 0) is 10.0 Å². The van der Waals surface area contributed by atoms with Crippen LogP contribution in [0.1, 0.15) is 37.3 Å². The summed E-state index contributed by atoms with van der Waals surface area (Å²) in [7, 11) is -3.55. The largest absolute Gasteiger partial charge is 0.295 e. The Labute approximate surface area is 150 Å². The molecule has 1 atom stereocenters. The number of nitrogens with zero attached hydrogens (tertiary/aromatic N) is 2. The van der Waals surface area contributed by atoms with Crippen molar-refractivity contribution in [2.45, 2.75) is 36.6 Å². The average Bonchev–Trinajstić information content (AvgIpc) is 2.93. The molecule has 6 heteroatoms. The Hall–Kier alpha value is -1.76. The first-order valence-corrected chi connectivity index (χ1v) is 10.3. The number of hydrogen-bond acceptors (Lipinski definition) is 4. The minimum atomic E-state index is -3.55. The Kier molecular flexibility index (Phi) is 6.18. The highest BCUT2D eigenvalue weighted by Gasteiger charge is 2.24. The Morgan fingerprint density at radius 3 is 2.36 bits per heavy atom. The molecule has 1 N–H and O–H groups in total. The molecule has 2 heterocycles. The van der Waals surface area contributed by atoms with Crippen LogP contribution < -0.4 is 4.72 Å². The normalized spacial score (nSPS) is 17.8. The summed E-state index contributed by atoms with van der Waals surface area (Å²) < 4.78 is 27.9. The molecule has 0 unspecified atom stereocenters. The van der Waals surface area contributed by atoms with Gasteiger partial charge in [0, 0.05) is 25.0 Å². The second-order valence-corrected chi connectivity index (χ2v) is 8.18. The summed E-state index contributed by atoms with van der Waals surface area (Å²) in [5.74, 6) is 0. The van der Waals surface area contributed by atoms with Crippen LogP contribution in [0.25, 0.3) is 0 Å². The second-order valence-electron chi connectivity index (χ2n) is 6.42. The summed E-state index contributed by atoms with van der Waals surface area (Å²) in [6.07, 6.45) is 7.78. The summed E-state index contributed by atoms with van der Waals surface area (Å²) >= 11 is 0. The number of pyridine rings is 1. The standard InChI is InChI=1S/C19H25N3O2S/c23-25(24,18-11-8-12-20-15-18)21-16-19(17-9-4-3-5-10-17)22-13-6-1-2-7-14-22/h3-5,8-12,15,19,21H,1-2,6-7,13-14,16H2/t19-/m0/s1. The maximum atomic E-state index is 12.5. The minimum Gasteiger partial charge on any atom is -0.295 e. The van der Waals surface area contributed by atoms with Gasteiger partial charge in [0.2, 0.25) is 10.0 Å². The molecule has 0 amide bonds. The molecule has 1 aliphatic rings. The van der Waals surface area contributed by atoms with Crippen LogP contribution in [0.3, 0.4) is 0 Å². The lowest BCUT2D eigenvalue weighted by Gasteiger charge is -2.31. The summed E-state index contributed by atoms with van der Waals surface area (Å²) in [6.45, 7) is 2.38. The molecule has 134 valence electrons. The molecule has 0 radical (unpaired) electrons. The van der Waals surface area contributed by atoms with E-state index in [0.717, 1.165) is 18.7 Å². The van der Waals surface area contributed by atoms with Gasteiger partial charge in [-0.3, -0.25) is 9.88 Å². The monoisotopic (exact) mass is 359 g/mol. The van der Waals surface area contributed by atoms with Crippen LogP contribution in [-0.4, -0.2) is 37.9 Å². The zero-order chi connectivity index (χ0) is 17.5. The van der Waals surface area contributed by atoms with Crippen molar-refractivity contribution < 1.29 is 8.42 Å². The fraction of sp³-hybridized carbons (Fsp3) is 0.421. The van der Waals surface area contributed by atoms with E-state index in [0.29, 0.717) is 6.54 Å². The van der Waals surface area contributed by atoms with Crippen molar-refractivity contribution in [3.05, 3.63) is 60.4 Å². The molecule has 25 heavy (non-hydrogen) atoms. The molecule has 3 rings (SSSR count). The van der Waals surface area contributed by atoms with Crippen molar-refractivity contribution in [1.29, 1.82) is 0 Å². The van der Waals surface area contributed by atoms with Crippen molar-refractivity contribution in [2.75, 3.05) is 19.6 Å². The van der Waals surface area contributed by atoms with E-state index in [2.05, 4.69) is 26.7 Å². The van der Waals surface area contributed by atoms with E-state index in [1.165, 1.54) is 31.9 Å². The van der Waals surface area contributed by atoms with E-state index < -0.39 is 10.0 Å². The summed E-state index contributed by atoms with van der Waals surface area (Å²) in [6, 6.07) is 13.4. The Balaban J connectivity index is 1.78. The van der Waals surface area contributed by atoms with Gasteiger partial charge in [-0.1, -0.05) is 43.2 Å². The van der Waals surface area contributed by atoms with Crippen molar-refractivity contribution in [3.63, 3.8) is 0 Å². The second kappa shape index (κ2) is 8.56. The van der Waals surface area contributed by atoms with Crippen molar-refractivity contribution in [3.8, 4) is 0 Å². The molecule has 5 nitrogen and oxygen atoms in total. The van der Waals surface area contributed by atoms with E-state index in [1.807, 2.05) is 18.2 Å². The Morgan fingerprint density at radius 1 is 1.00 bits per heavy atom. The lowest BCUT2D eigenvalue weighted by molar-refractivity contribution is 0.206. The third-order valence-corrected chi connectivity index (χ3v) is 6.09. The molecule has 1 aliphatic heterocycles. The predicted octanol–water partition coefficient (Wildman–Crippen LogP) is 2.98. The third kappa shape index (κ3) is 4.87. The molecule has 1 saturated heterocycles. The molecule has 2 aromatic rings.